The second-order valence-corrected chi connectivity index (χ2v) is 3.52. The van der Waals surface area contributed by atoms with Crippen molar-refractivity contribution in [2.24, 2.45) is 5.73 Å². The maximum Gasteiger partial charge on any atom is 0.433 e. The molecule has 0 spiro atoms. The van der Waals surface area contributed by atoms with Crippen LogP contribution in [-0.4, -0.2) is 11.0 Å². The zero-order valence-electron chi connectivity index (χ0n) is 8.38. The molecule has 1 aromatic rings. The lowest BCUT2D eigenvalue weighted by atomic mass is 10.0. The van der Waals surface area contributed by atoms with Gasteiger partial charge in [-0.2, -0.15) is 13.2 Å². The summed E-state index contributed by atoms with van der Waals surface area (Å²) in [5.74, 6) is 0. The van der Waals surface area contributed by atoms with Gasteiger partial charge in [-0.15, -0.1) is 0 Å². The quantitative estimate of drug-likeness (QED) is 0.845. The van der Waals surface area contributed by atoms with Crippen molar-refractivity contribution in [1.82, 2.24) is 4.98 Å². The highest BCUT2D eigenvalue weighted by atomic mass is 19.4. The van der Waals surface area contributed by atoms with Crippen molar-refractivity contribution in [2.75, 3.05) is 0 Å². The van der Waals surface area contributed by atoms with Gasteiger partial charge in [0.15, 0.2) is 0 Å². The van der Waals surface area contributed by atoms with Crippen LogP contribution in [0.4, 0.5) is 13.2 Å². The zero-order valence-corrected chi connectivity index (χ0v) is 8.38. The predicted octanol–water partition coefficient (Wildman–Crippen LogP) is 2.38. The zero-order chi connectivity index (χ0) is 11.5. The van der Waals surface area contributed by atoms with Crippen molar-refractivity contribution in [2.45, 2.75) is 32.0 Å². The van der Waals surface area contributed by atoms with E-state index in [1.54, 1.807) is 6.92 Å². The molecule has 1 aromatic heterocycles. The topological polar surface area (TPSA) is 38.9 Å². The Kier molecular flexibility index (Phi) is 3.68. The number of rotatable bonds is 3. The van der Waals surface area contributed by atoms with Crippen molar-refractivity contribution in [1.29, 1.82) is 0 Å². The Balaban J connectivity index is 2.87. The van der Waals surface area contributed by atoms with Crippen molar-refractivity contribution < 1.29 is 13.2 Å². The van der Waals surface area contributed by atoms with E-state index >= 15 is 0 Å². The van der Waals surface area contributed by atoms with Crippen LogP contribution in [0.1, 0.15) is 24.6 Å². The first-order chi connectivity index (χ1) is 6.91. The van der Waals surface area contributed by atoms with E-state index in [2.05, 4.69) is 4.98 Å². The van der Waals surface area contributed by atoms with Crippen LogP contribution in [0.15, 0.2) is 18.3 Å². The van der Waals surface area contributed by atoms with E-state index in [-0.39, 0.29) is 11.6 Å². The summed E-state index contributed by atoms with van der Waals surface area (Å²) in [6, 6.07) is 2.84. The minimum absolute atomic E-state index is 0.105. The third-order valence-electron chi connectivity index (χ3n) is 2.03. The van der Waals surface area contributed by atoms with E-state index in [0.717, 1.165) is 6.20 Å². The standard InChI is InChI=1S/C10H13F3N2/c1-7(14)4-5-8-3-2-6-15-9(8)10(11,12)13/h2-3,6-7H,4-5,14H2,1H3. The Morgan fingerprint density at radius 2 is 2.13 bits per heavy atom. The van der Waals surface area contributed by atoms with Crippen LogP contribution in [0.3, 0.4) is 0 Å². The lowest BCUT2D eigenvalue weighted by molar-refractivity contribution is -0.141. The van der Waals surface area contributed by atoms with Crippen molar-refractivity contribution in [3.8, 4) is 0 Å². The fourth-order valence-electron chi connectivity index (χ4n) is 1.28. The lowest BCUT2D eigenvalue weighted by Crippen LogP contribution is -2.17. The fourth-order valence-corrected chi connectivity index (χ4v) is 1.28. The summed E-state index contributed by atoms with van der Waals surface area (Å²) >= 11 is 0. The van der Waals surface area contributed by atoms with Crippen LogP contribution in [-0.2, 0) is 12.6 Å². The molecule has 0 bridgehead atoms. The van der Waals surface area contributed by atoms with Crippen LogP contribution in [0.5, 0.6) is 0 Å². The molecular weight excluding hydrogens is 205 g/mol. The summed E-state index contributed by atoms with van der Waals surface area (Å²) in [7, 11) is 0. The molecule has 0 fully saturated rings. The van der Waals surface area contributed by atoms with E-state index in [0.29, 0.717) is 12.8 Å². The molecule has 5 heteroatoms. The largest absolute Gasteiger partial charge is 0.433 e. The molecule has 0 amide bonds. The van der Waals surface area contributed by atoms with Gasteiger partial charge in [0.1, 0.15) is 5.69 Å². The molecule has 0 aliphatic rings. The Bertz CT molecular complexity index is 321. The fraction of sp³-hybridized carbons (Fsp3) is 0.500. The van der Waals surface area contributed by atoms with Gasteiger partial charge in [0.2, 0.25) is 0 Å². The predicted molar refractivity (Wildman–Crippen MR) is 51.2 cm³/mol. The number of aromatic nitrogens is 1. The average molecular weight is 218 g/mol. The van der Waals surface area contributed by atoms with Gasteiger partial charge in [0, 0.05) is 12.2 Å². The van der Waals surface area contributed by atoms with Gasteiger partial charge in [-0.25, -0.2) is 0 Å². The first kappa shape index (κ1) is 12.0. The van der Waals surface area contributed by atoms with Gasteiger partial charge in [0.05, 0.1) is 0 Å². The molecule has 1 atom stereocenters. The minimum Gasteiger partial charge on any atom is -0.328 e. The number of hydrogen-bond donors (Lipinski definition) is 1. The molecular formula is C10H13F3N2. The van der Waals surface area contributed by atoms with E-state index in [9.17, 15) is 13.2 Å². The van der Waals surface area contributed by atoms with Gasteiger partial charge in [-0.3, -0.25) is 4.98 Å². The first-order valence-corrected chi connectivity index (χ1v) is 4.68. The minimum atomic E-state index is -4.38. The van der Waals surface area contributed by atoms with E-state index in [4.69, 9.17) is 5.73 Å². The molecule has 2 N–H and O–H groups in total. The van der Waals surface area contributed by atoms with Gasteiger partial charge in [-0.05, 0) is 31.4 Å². The van der Waals surface area contributed by atoms with E-state index in [1.165, 1.54) is 12.1 Å². The SMILES string of the molecule is CC(N)CCc1cccnc1C(F)(F)F. The smallest absolute Gasteiger partial charge is 0.328 e. The summed E-state index contributed by atoms with van der Waals surface area (Å²) in [5.41, 5.74) is 4.91. The maximum atomic E-state index is 12.5. The van der Waals surface area contributed by atoms with Gasteiger partial charge in [-0.1, -0.05) is 6.07 Å². The van der Waals surface area contributed by atoms with Crippen LogP contribution in [0, 0.1) is 0 Å². The summed E-state index contributed by atoms with van der Waals surface area (Å²) in [4.78, 5) is 3.36. The van der Waals surface area contributed by atoms with Crippen molar-refractivity contribution in [3.63, 3.8) is 0 Å². The number of aryl methyl sites for hydroxylation is 1. The molecule has 0 saturated heterocycles. The number of nitrogens with zero attached hydrogens (tertiary/aromatic N) is 1. The lowest BCUT2D eigenvalue weighted by Gasteiger charge is -2.12. The molecule has 1 unspecified atom stereocenters. The third kappa shape index (κ3) is 3.51. The van der Waals surface area contributed by atoms with Gasteiger partial charge >= 0.3 is 6.18 Å². The Hall–Kier alpha value is -1.10. The first-order valence-electron chi connectivity index (χ1n) is 4.68. The second-order valence-electron chi connectivity index (χ2n) is 3.52. The average Bonchev–Trinajstić information content (AvgIpc) is 2.13. The Morgan fingerprint density at radius 1 is 1.47 bits per heavy atom. The van der Waals surface area contributed by atoms with E-state index in [1.807, 2.05) is 0 Å². The molecule has 2 nitrogen and oxygen atoms in total. The highest BCUT2D eigenvalue weighted by Gasteiger charge is 2.34. The summed E-state index contributed by atoms with van der Waals surface area (Å²) in [6.45, 7) is 1.77. The van der Waals surface area contributed by atoms with Crippen LogP contribution in [0.25, 0.3) is 0 Å². The van der Waals surface area contributed by atoms with Gasteiger partial charge < -0.3 is 5.73 Å². The number of nitrogens with two attached hydrogens (primary N) is 1. The molecule has 0 aromatic carbocycles. The molecule has 15 heavy (non-hydrogen) atoms. The molecule has 0 aliphatic heterocycles. The monoisotopic (exact) mass is 218 g/mol. The summed E-state index contributed by atoms with van der Waals surface area (Å²) in [5, 5.41) is 0. The van der Waals surface area contributed by atoms with Crippen LogP contribution in [0.2, 0.25) is 0 Å². The molecule has 1 rings (SSSR count). The normalized spacial score (nSPS) is 13.9. The molecule has 0 radical (unpaired) electrons. The Morgan fingerprint density at radius 3 is 2.67 bits per heavy atom. The molecule has 84 valence electrons. The molecule has 1 heterocycles. The van der Waals surface area contributed by atoms with Crippen LogP contribution >= 0.6 is 0 Å². The Labute approximate surface area is 86.3 Å². The van der Waals surface area contributed by atoms with Crippen molar-refractivity contribution >= 4 is 0 Å². The number of hydrogen-bond acceptors (Lipinski definition) is 2. The number of pyridine rings is 1. The highest BCUT2D eigenvalue weighted by molar-refractivity contribution is 5.22. The van der Waals surface area contributed by atoms with Crippen LogP contribution < -0.4 is 5.73 Å². The summed E-state index contributed by atoms with van der Waals surface area (Å²) < 4.78 is 37.4. The second kappa shape index (κ2) is 4.61. The van der Waals surface area contributed by atoms with E-state index < -0.39 is 11.9 Å². The third-order valence-corrected chi connectivity index (χ3v) is 2.03. The van der Waals surface area contributed by atoms with Crippen molar-refractivity contribution in [3.05, 3.63) is 29.6 Å². The molecule has 0 aliphatic carbocycles. The summed E-state index contributed by atoms with van der Waals surface area (Å²) in [6.07, 6.45) is -2.40. The number of halogens is 3. The maximum absolute atomic E-state index is 12.5. The number of alkyl halides is 3. The molecule has 0 saturated carbocycles. The van der Waals surface area contributed by atoms with Gasteiger partial charge in [0.25, 0.3) is 0 Å². The highest BCUT2D eigenvalue weighted by Crippen LogP contribution is 2.30.